The monoisotopic (exact) mass is 250 g/mol. The molecule has 15 heavy (non-hydrogen) atoms. The van der Waals surface area contributed by atoms with E-state index >= 15 is 0 Å². The van der Waals surface area contributed by atoms with E-state index in [4.69, 9.17) is 15.8 Å². The highest BCUT2D eigenvalue weighted by molar-refractivity contribution is 7.06. The molecule has 92 valence electrons. The summed E-state index contributed by atoms with van der Waals surface area (Å²) in [6.45, 7) is 9.44. The molecule has 0 aromatic rings. The number of hydrogen-bond donors (Lipinski definition) is 0. The Bertz CT molecular complexity index is 145. The second-order valence-corrected chi connectivity index (χ2v) is 9.61. The standard InChI is InChI=1S/C12H27ClOSi/c1-5-15(13)11-9-7-6-8-10-14-12(2,3)4/h15H,5-11H2,1-4H3. The van der Waals surface area contributed by atoms with Crippen LogP contribution in [0.4, 0.5) is 0 Å². The van der Waals surface area contributed by atoms with E-state index in [-0.39, 0.29) is 5.60 Å². The van der Waals surface area contributed by atoms with Gasteiger partial charge in [0.2, 0.25) is 0 Å². The molecule has 0 aromatic carbocycles. The summed E-state index contributed by atoms with van der Waals surface area (Å²) in [5.74, 6) is 0. The summed E-state index contributed by atoms with van der Waals surface area (Å²) in [6, 6.07) is 2.53. The van der Waals surface area contributed by atoms with Crippen LogP contribution in [0.2, 0.25) is 12.1 Å². The summed E-state index contributed by atoms with van der Waals surface area (Å²) in [4.78, 5) is 0. The van der Waals surface area contributed by atoms with Crippen molar-refractivity contribution in [1.29, 1.82) is 0 Å². The molecule has 0 spiro atoms. The molecule has 1 unspecified atom stereocenters. The second-order valence-electron chi connectivity index (χ2n) is 5.17. The SMILES string of the molecule is CC[SiH](Cl)CCCCCCOC(C)(C)C. The van der Waals surface area contributed by atoms with Crippen LogP contribution in [0, 0.1) is 0 Å². The van der Waals surface area contributed by atoms with Crippen molar-refractivity contribution < 1.29 is 4.74 Å². The lowest BCUT2D eigenvalue weighted by molar-refractivity contribution is -0.00471. The van der Waals surface area contributed by atoms with E-state index in [9.17, 15) is 0 Å². The molecule has 0 rings (SSSR count). The molecule has 0 bridgehead atoms. The van der Waals surface area contributed by atoms with Crippen LogP contribution in [0.1, 0.15) is 53.4 Å². The van der Waals surface area contributed by atoms with Crippen molar-refractivity contribution in [2.45, 2.75) is 71.1 Å². The number of rotatable bonds is 8. The van der Waals surface area contributed by atoms with E-state index in [2.05, 4.69) is 27.7 Å². The molecule has 0 heterocycles. The Morgan fingerprint density at radius 3 is 2.20 bits per heavy atom. The third kappa shape index (κ3) is 12.4. The van der Waals surface area contributed by atoms with Gasteiger partial charge in [-0.1, -0.05) is 26.2 Å². The van der Waals surface area contributed by atoms with Crippen molar-refractivity contribution >= 4 is 19.2 Å². The molecule has 0 radical (unpaired) electrons. The molecule has 1 atom stereocenters. The molecule has 0 aliphatic rings. The minimum Gasteiger partial charge on any atom is -0.376 e. The zero-order valence-corrected chi connectivity index (χ0v) is 12.7. The summed E-state index contributed by atoms with van der Waals surface area (Å²) in [5, 5.41) is 0. The summed E-state index contributed by atoms with van der Waals surface area (Å²) >= 11 is 6.18. The molecule has 0 amide bonds. The van der Waals surface area contributed by atoms with Crippen LogP contribution < -0.4 is 0 Å². The Labute approximate surface area is 102 Å². The van der Waals surface area contributed by atoms with Crippen LogP contribution in [0.3, 0.4) is 0 Å². The van der Waals surface area contributed by atoms with Gasteiger partial charge in [0.05, 0.1) is 5.60 Å². The van der Waals surface area contributed by atoms with Gasteiger partial charge < -0.3 is 4.74 Å². The van der Waals surface area contributed by atoms with Gasteiger partial charge in [-0.25, -0.2) is 0 Å². The second kappa shape index (κ2) is 8.60. The maximum absolute atomic E-state index is 6.18. The van der Waals surface area contributed by atoms with Gasteiger partial charge in [-0.15, -0.1) is 0 Å². The van der Waals surface area contributed by atoms with E-state index in [0.717, 1.165) is 6.61 Å². The maximum Gasteiger partial charge on any atom is 0.140 e. The van der Waals surface area contributed by atoms with Crippen molar-refractivity contribution in [2.24, 2.45) is 0 Å². The molecule has 1 nitrogen and oxygen atoms in total. The lowest BCUT2D eigenvalue weighted by Crippen LogP contribution is -2.19. The van der Waals surface area contributed by atoms with Gasteiger partial charge in [-0.3, -0.25) is 0 Å². The summed E-state index contributed by atoms with van der Waals surface area (Å²) in [5.41, 5.74) is 0.0242. The van der Waals surface area contributed by atoms with Gasteiger partial charge in [0.15, 0.2) is 0 Å². The minimum atomic E-state index is -0.827. The third-order valence-corrected chi connectivity index (χ3v) is 5.89. The number of unbranched alkanes of at least 4 members (excludes halogenated alkanes) is 3. The van der Waals surface area contributed by atoms with E-state index in [1.54, 1.807) is 0 Å². The van der Waals surface area contributed by atoms with Crippen molar-refractivity contribution in [3.63, 3.8) is 0 Å². The van der Waals surface area contributed by atoms with Gasteiger partial charge in [0.1, 0.15) is 8.11 Å². The average Bonchev–Trinajstić information content (AvgIpc) is 2.14. The quantitative estimate of drug-likeness (QED) is 0.354. The van der Waals surface area contributed by atoms with Crippen molar-refractivity contribution in [3.8, 4) is 0 Å². The van der Waals surface area contributed by atoms with Crippen LogP contribution in [0.25, 0.3) is 0 Å². The van der Waals surface area contributed by atoms with Gasteiger partial charge in [-0.2, -0.15) is 11.1 Å². The Balaban J connectivity index is 3.12. The number of ether oxygens (including phenoxy) is 1. The zero-order valence-electron chi connectivity index (χ0n) is 10.8. The Morgan fingerprint density at radius 1 is 1.07 bits per heavy atom. The van der Waals surface area contributed by atoms with E-state index in [1.807, 2.05) is 0 Å². The van der Waals surface area contributed by atoms with Gasteiger partial charge in [0, 0.05) is 6.61 Å². The van der Waals surface area contributed by atoms with Crippen LogP contribution in [-0.2, 0) is 4.74 Å². The Kier molecular flexibility index (Phi) is 8.87. The first-order chi connectivity index (χ1) is 6.95. The lowest BCUT2D eigenvalue weighted by atomic mass is 10.2. The first kappa shape index (κ1) is 15.5. The summed E-state index contributed by atoms with van der Waals surface area (Å²) in [6.07, 6.45) is 5.13. The molecule has 0 saturated heterocycles. The van der Waals surface area contributed by atoms with Gasteiger partial charge >= 0.3 is 0 Å². The fraction of sp³-hybridized carbons (Fsp3) is 1.00. The third-order valence-electron chi connectivity index (χ3n) is 2.39. The molecule has 3 heteroatoms. The minimum absolute atomic E-state index is 0.0242. The highest BCUT2D eigenvalue weighted by Crippen LogP contribution is 2.12. The average molecular weight is 251 g/mol. The first-order valence-electron chi connectivity index (χ1n) is 6.23. The molecule has 0 fully saturated rings. The smallest absolute Gasteiger partial charge is 0.140 e. The van der Waals surface area contributed by atoms with Gasteiger partial charge in [-0.05, 0) is 39.3 Å². The van der Waals surface area contributed by atoms with Crippen LogP contribution in [-0.4, -0.2) is 20.3 Å². The molecule has 0 saturated carbocycles. The van der Waals surface area contributed by atoms with Crippen molar-refractivity contribution in [3.05, 3.63) is 0 Å². The molecule has 0 N–H and O–H groups in total. The van der Waals surface area contributed by atoms with E-state index in [1.165, 1.54) is 37.8 Å². The number of halogens is 1. The predicted octanol–water partition coefficient (Wildman–Crippen LogP) is 4.34. The first-order valence-corrected chi connectivity index (χ1v) is 9.61. The fourth-order valence-electron chi connectivity index (χ4n) is 1.40. The normalized spacial score (nSPS) is 14.2. The molecular weight excluding hydrogens is 224 g/mol. The van der Waals surface area contributed by atoms with E-state index in [0.29, 0.717) is 0 Å². The Hall–Kier alpha value is 0.467. The zero-order chi connectivity index (χ0) is 11.7. The number of hydrogen-bond acceptors (Lipinski definition) is 1. The van der Waals surface area contributed by atoms with Crippen LogP contribution in [0.5, 0.6) is 0 Å². The highest BCUT2D eigenvalue weighted by Gasteiger charge is 2.08. The Morgan fingerprint density at radius 2 is 1.67 bits per heavy atom. The van der Waals surface area contributed by atoms with E-state index < -0.39 is 8.11 Å². The largest absolute Gasteiger partial charge is 0.376 e. The molecule has 0 aliphatic heterocycles. The van der Waals surface area contributed by atoms with Crippen molar-refractivity contribution in [2.75, 3.05) is 6.61 Å². The summed E-state index contributed by atoms with van der Waals surface area (Å²) < 4.78 is 5.66. The highest BCUT2D eigenvalue weighted by atomic mass is 35.6. The summed E-state index contributed by atoms with van der Waals surface area (Å²) in [7, 11) is -0.827. The molecule has 0 aliphatic carbocycles. The predicted molar refractivity (Wildman–Crippen MR) is 72.5 cm³/mol. The van der Waals surface area contributed by atoms with Crippen LogP contribution in [0.15, 0.2) is 0 Å². The maximum atomic E-state index is 6.18. The lowest BCUT2D eigenvalue weighted by Gasteiger charge is -2.19. The topological polar surface area (TPSA) is 9.23 Å². The fourth-order valence-corrected chi connectivity index (χ4v) is 3.01. The molecular formula is C12H27ClOSi. The molecule has 0 aromatic heterocycles. The van der Waals surface area contributed by atoms with Crippen molar-refractivity contribution in [1.82, 2.24) is 0 Å². The van der Waals surface area contributed by atoms with Gasteiger partial charge in [0.25, 0.3) is 0 Å². The van der Waals surface area contributed by atoms with Crippen LogP contribution >= 0.6 is 11.1 Å².